The fourth-order valence-electron chi connectivity index (χ4n) is 2.52. The Morgan fingerprint density at radius 2 is 1.85 bits per heavy atom. The van der Waals surface area contributed by atoms with Gasteiger partial charge in [0, 0.05) is 32.7 Å². The summed E-state index contributed by atoms with van der Waals surface area (Å²) in [4.78, 5) is 16.3. The van der Waals surface area contributed by atoms with Crippen molar-refractivity contribution in [1.29, 1.82) is 0 Å². The third-order valence-electron chi connectivity index (χ3n) is 3.72. The predicted molar refractivity (Wildman–Crippen MR) is 78.2 cm³/mol. The van der Waals surface area contributed by atoms with Crippen LogP contribution in [-0.2, 0) is 11.2 Å². The predicted octanol–water partition coefficient (Wildman–Crippen LogP) is -0.307. The minimum atomic E-state index is -0.471. The van der Waals surface area contributed by atoms with Crippen molar-refractivity contribution < 1.29 is 9.90 Å². The summed E-state index contributed by atoms with van der Waals surface area (Å²) in [6, 6.07) is 9.39. The van der Waals surface area contributed by atoms with Gasteiger partial charge in [-0.2, -0.15) is 0 Å². The molecule has 20 heavy (non-hydrogen) atoms. The molecule has 5 heteroatoms. The fourth-order valence-corrected chi connectivity index (χ4v) is 2.52. The summed E-state index contributed by atoms with van der Waals surface area (Å²) in [5.41, 5.74) is 7.12. The van der Waals surface area contributed by atoms with Crippen LogP contribution in [0.15, 0.2) is 30.3 Å². The van der Waals surface area contributed by atoms with Gasteiger partial charge in [-0.05, 0) is 12.0 Å². The van der Waals surface area contributed by atoms with E-state index in [0.29, 0.717) is 26.1 Å². The molecule has 0 saturated carbocycles. The molecule has 5 nitrogen and oxygen atoms in total. The van der Waals surface area contributed by atoms with Gasteiger partial charge in [0.25, 0.3) is 0 Å². The Hall–Kier alpha value is -1.43. The van der Waals surface area contributed by atoms with Crippen molar-refractivity contribution in [2.24, 2.45) is 5.73 Å². The molecule has 0 radical (unpaired) electrons. The number of rotatable bonds is 5. The Labute approximate surface area is 120 Å². The molecule has 1 aliphatic rings. The number of nitrogens with zero attached hydrogens (tertiary/aromatic N) is 2. The molecule has 2 rings (SSSR count). The van der Waals surface area contributed by atoms with Gasteiger partial charge in [0.1, 0.15) is 0 Å². The Morgan fingerprint density at radius 1 is 1.20 bits per heavy atom. The molecular formula is C15H23N3O2. The number of carbonyl (C=O) groups is 1. The Kier molecular flexibility index (Phi) is 5.52. The van der Waals surface area contributed by atoms with Crippen LogP contribution in [-0.4, -0.2) is 66.2 Å². The maximum Gasteiger partial charge on any atom is 0.239 e. The first-order chi connectivity index (χ1) is 9.70. The number of piperazine rings is 1. The highest BCUT2D eigenvalue weighted by molar-refractivity contribution is 5.82. The highest BCUT2D eigenvalue weighted by Crippen LogP contribution is 2.07. The van der Waals surface area contributed by atoms with E-state index in [1.165, 1.54) is 0 Å². The number of carbonyl (C=O) groups excluding carboxylic acids is 1. The molecule has 1 aliphatic heterocycles. The highest BCUT2D eigenvalue weighted by atomic mass is 16.3. The molecule has 3 N–H and O–H groups in total. The molecule has 1 aromatic rings. The van der Waals surface area contributed by atoms with E-state index >= 15 is 0 Å². The van der Waals surface area contributed by atoms with Gasteiger partial charge in [0.2, 0.25) is 5.91 Å². The molecule has 110 valence electrons. The van der Waals surface area contributed by atoms with Crippen LogP contribution in [0.4, 0.5) is 0 Å². The van der Waals surface area contributed by atoms with E-state index in [0.717, 1.165) is 18.7 Å². The normalized spacial score (nSPS) is 18.0. The molecule has 1 atom stereocenters. The maximum atomic E-state index is 12.3. The maximum absolute atomic E-state index is 12.3. The second-order valence-electron chi connectivity index (χ2n) is 5.19. The number of hydrogen-bond donors (Lipinski definition) is 2. The zero-order valence-electron chi connectivity index (χ0n) is 11.7. The molecule has 1 saturated heterocycles. The van der Waals surface area contributed by atoms with E-state index in [2.05, 4.69) is 4.90 Å². The number of amides is 1. The van der Waals surface area contributed by atoms with Crippen LogP contribution in [0.25, 0.3) is 0 Å². The summed E-state index contributed by atoms with van der Waals surface area (Å²) < 4.78 is 0. The fraction of sp³-hybridized carbons (Fsp3) is 0.533. The molecule has 1 aromatic carbocycles. The lowest BCUT2D eigenvalue weighted by Gasteiger charge is -2.35. The Morgan fingerprint density at radius 3 is 2.45 bits per heavy atom. The zero-order valence-corrected chi connectivity index (χ0v) is 11.7. The summed E-state index contributed by atoms with van der Waals surface area (Å²) >= 11 is 0. The number of aliphatic hydroxyl groups excluding tert-OH is 1. The summed E-state index contributed by atoms with van der Waals surface area (Å²) in [7, 11) is 0. The smallest absolute Gasteiger partial charge is 0.239 e. The summed E-state index contributed by atoms with van der Waals surface area (Å²) in [5.74, 6) is 0.0255. The SMILES string of the molecule is NC(Cc1ccccc1)C(=O)N1CCN(CCO)CC1. The van der Waals surface area contributed by atoms with E-state index in [1.54, 1.807) is 0 Å². The average molecular weight is 277 g/mol. The first-order valence-corrected chi connectivity index (χ1v) is 7.12. The molecule has 0 bridgehead atoms. The van der Waals surface area contributed by atoms with Gasteiger partial charge in [0.05, 0.1) is 12.6 Å². The van der Waals surface area contributed by atoms with Gasteiger partial charge in [-0.25, -0.2) is 0 Å². The van der Waals surface area contributed by atoms with Crippen molar-refractivity contribution in [2.45, 2.75) is 12.5 Å². The summed E-state index contributed by atoms with van der Waals surface area (Å²) in [5, 5.41) is 8.90. The van der Waals surface area contributed by atoms with E-state index in [4.69, 9.17) is 10.8 Å². The first-order valence-electron chi connectivity index (χ1n) is 7.12. The van der Waals surface area contributed by atoms with Crippen LogP contribution in [0, 0.1) is 0 Å². The minimum absolute atomic E-state index is 0.0255. The van der Waals surface area contributed by atoms with Crippen molar-refractivity contribution in [1.82, 2.24) is 9.80 Å². The van der Waals surface area contributed by atoms with Crippen LogP contribution in [0.1, 0.15) is 5.56 Å². The van der Waals surface area contributed by atoms with E-state index in [1.807, 2.05) is 35.2 Å². The molecular weight excluding hydrogens is 254 g/mol. The van der Waals surface area contributed by atoms with Gasteiger partial charge >= 0.3 is 0 Å². The lowest BCUT2D eigenvalue weighted by Crippen LogP contribution is -2.53. The quantitative estimate of drug-likeness (QED) is 0.775. The first kappa shape index (κ1) is 15.0. The summed E-state index contributed by atoms with van der Waals surface area (Å²) in [6.45, 7) is 3.86. The van der Waals surface area contributed by atoms with Crippen molar-refractivity contribution >= 4 is 5.91 Å². The molecule has 0 aromatic heterocycles. The van der Waals surface area contributed by atoms with Crippen molar-refractivity contribution in [3.8, 4) is 0 Å². The number of hydrogen-bond acceptors (Lipinski definition) is 4. The molecule has 0 aliphatic carbocycles. The van der Waals surface area contributed by atoms with E-state index < -0.39 is 6.04 Å². The Bertz CT molecular complexity index is 416. The van der Waals surface area contributed by atoms with E-state index in [-0.39, 0.29) is 12.5 Å². The van der Waals surface area contributed by atoms with Crippen LogP contribution in [0.3, 0.4) is 0 Å². The molecule has 0 spiro atoms. The lowest BCUT2D eigenvalue weighted by molar-refractivity contribution is -0.134. The monoisotopic (exact) mass is 277 g/mol. The van der Waals surface area contributed by atoms with Gasteiger partial charge in [-0.3, -0.25) is 9.69 Å². The second kappa shape index (κ2) is 7.38. The van der Waals surface area contributed by atoms with Crippen LogP contribution < -0.4 is 5.73 Å². The topological polar surface area (TPSA) is 69.8 Å². The average Bonchev–Trinajstić information content (AvgIpc) is 2.48. The molecule has 1 fully saturated rings. The van der Waals surface area contributed by atoms with Crippen molar-refractivity contribution in [2.75, 3.05) is 39.3 Å². The van der Waals surface area contributed by atoms with Gasteiger partial charge in [0.15, 0.2) is 0 Å². The Balaban J connectivity index is 1.82. The third kappa shape index (κ3) is 4.03. The molecule has 1 unspecified atom stereocenters. The van der Waals surface area contributed by atoms with Gasteiger partial charge in [-0.1, -0.05) is 30.3 Å². The van der Waals surface area contributed by atoms with Crippen LogP contribution in [0.2, 0.25) is 0 Å². The van der Waals surface area contributed by atoms with Crippen LogP contribution >= 0.6 is 0 Å². The highest BCUT2D eigenvalue weighted by Gasteiger charge is 2.24. The molecule has 1 amide bonds. The number of benzene rings is 1. The van der Waals surface area contributed by atoms with Crippen molar-refractivity contribution in [3.63, 3.8) is 0 Å². The summed E-state index contributed by atoms with van der Waals surface area (Å²) in [6.07, 6.45) is 0.580. The van der Waals surface area contributed by atoms with Crippen LogP contribution in [0.5, 0.6) is 0 Å². The number of aliphatic hydroxyl groups is 1. The van der Waals surface area contributed by atoms with Gasteiger partial charge in [-0.15, -0.1) is 0 Å². The zero-order chi connectivity index (χ0) is 14.4. The standard InChI is InChI=1S/C15H23N3O2/c16-14(12-13-4-2-1-3-5-13)15(20)18-8-6-17(7-9-18)10-11-19/h1-5,14,19H,6-12,16H2. The van der Waals surface area contributed by atoms with Gasteiger partial charge < -0.3 is 15.7 Å². The lowest BCUT2D eigenvalue weighted by atomic mass is 10.1. The third-order valence-corrected chi connectivity index (χ3v) is 3.72. The number of nitrogens with two attached hydrogens (primary N) is 1. The van der Waals surface area contributed by atoms with E-state index in [9.17, 15) is 4.79 Å². The van der Waals surface area contributed by atoms with Crippen molar-refractivity contribution in [3.05, 3.63) is 35.9 Å². The minimum Gasteiger partial charge on any atom is -0.395 e. The number of β-amino-alcohol motifs (C(OH)–C–C–N with tert-alkyl or cyclic N) is 1. The molecule has 1 heterocycles. The second-order valence-corrected chi connectivity index (χ2v) is 5.19. The largest absolute Gasteiger partial charge is 0.395 e.